The first-order valence-electron chi connectivity index (χ1n) is 24.0. The highest BCUT2D eigenvalue weighted by molar-refractivity contribution is 5.35. The summed E-state index contributed by atoms with van der Waals surface area (Å²) < 4.78 is 36.7. The second-order valence-corrected chi connectivity index (χ2v) is 23.6. The van der Waals surface area contributed by atoms with Crippen LogP contribution in [0.15, 0.2) is 11.6 Å². The van der Waals surface area contributed by atoms with Crippen molar-refractivity contribution in [2.24, 2.45) is 56.2 Å². The van der Waals surface area contributed by atoms with Crippen LogP contribution in [0, 0.1) is 56.2 Å². The lowest BCUT2D eigenvalue weighted by Crippen LogP contribution is -2.67. The maximum Gasteiger partial charge on any atom is 0.187 e. The van der Waals surface area contributed by atoms with Crippen molar-refractivity contribution in [3.8, 4) is 0 Å². The van der Waals surface area contributed by atoms with Gasteiger partial charge in [0.2, 0.25) is 0 Å². The molecule has 0 aromatic rings. The summed E-state index contributed by atoms with van der Waals surface area (Å²) in [6.07, 6.45) is -8.03. The van der Waals surface area contributed by atoms with E-state index < -0.39 is 104 Å². The van der Waals surface area contributed by atoms with Crippen molar-refractivity contribution in [3.63, 3.8) is 0 Å². The van der Waals surface area contributed by atoms with Crippen molar-refractivity contribution in [2.45, 2.75) is 212 Å². The maximum absolute atomic E-state index is 12.1. The fourth-order valence-electron chi connectivity index (χ4n) is 15.1. The summed E-state index contributed by atoms with van der Waals surface area (Å²) in [5.74, 6) is 0.371. The van der Waals surface area contributed by atoms with Gasteiger partial charge in [-0.2, -0.15) is 0 Å². The standard InChI is InChI=1S/C48H80O15/c1-23-21-58-42(39(32(23)52)63-41-36(56)34(54)33(53)27(20-49)60-41)62-38-24(2)59-40(37(57)35(38)55)61-31-13-14-45(7)28(44(31,5)6)12-15-46(8)29(45)11-10-25-26-18-43(3,4)16-17-48(26,22-50)30(51)19-47(25,46)9/h10,23-24,26-42,49-57H,11-22H2,1-9H3. The molecule has 3 saturated heterocycles. The van der Waals surface area contributed by atoms with Crippen molar-refractivity contribution < 1.29 is 74.4 Å². The lowest BCUT2D eigenvalue weighted by Gasteiger charge is -2.72. The molecule has 0 radical (unpaired) electrons. The van der Waals surface area contributed by atoms with Gasteiger partial charge in [-0.05, 0) is 110 Å². The van der Waals surface area contributed by atoms with Gasteiger partial charge in [-0.15, -0.1) is 0 Å². The normalized spacial score (nSPS) is 55.4. The molecule has 15 nitrogen and oxygen atoms in total. The summed E-state index contributed by atoms with van der Waals surface area (Å²) >= 11 is 0. The third-order valence-corrected chi connectivity index (χ3v) is 19.3. The number of ether oxygens (including phenoxy) is 6. The maximum atomic E-state index is 12.1. The fourth-order valence-corrected chi connectivity index (χ4v) is 15.1. The van der Waals surface area contributed by atoms with E-state index >= 15 is 0 Å². The van der Waals surface area contributed by atoms with Gasteiger partial charge in [0.25, 0.3) is 0 Å². The van der Waals surface area contributed by atoms with Gasteiger partial charge in [-0.25, -0.2) is 0 Å². The molecule has 8 rings (SSSR count). The summed E-state index contributed by atoms with van der Waals surface area (Å²) in [7, 11) is 0. The van der Waals surface area contributed by atoms with Crippen LogP contribution in [0.1, 0.15) is 120 Å². The van der Waals surface area contributed by atoms with Crippen LogP contribution in [0.5, 0.6) is 0 Å². The average Bonchev–Trinajstić information content (AvgIpc) is 3.22. The smallest absolute Gasteiger partial charge is 0.187 e. The number of hydrogen-bond acceptors (Lipinski definition) is 15. The Morgan fingerprint density at radius 1 is 0.667 bits per heavy atom. The van der Waals surface area contributed by atoms with Crippen LogP contribution in [0.3, 0.4) is 0 Å². The topological polar surface area (TPSA) is 237 Å². The molecule has 0 aromatic carbocycles. The van der Waals surface area contributed by atoms with E-state index in [1.807, 2.05) is 0 Å². The molecule has 3 heterocycles. The monoisotopic (exact) mass is 897 g/mol. The van der Waals surface area contributed by atoms with Gasteiger partial charge in [0, 0.05) is 11.3 Å². The van der Waals surface area contributed by atoms with Gasteiger partial charge < -0.3 is 74.4 Å². The minimum Gasteiger partial charge on any atom is -0.396 e. The highest BCUT2D eigenvalue weighted by atomic mass is 16.8. The van der Waals surface area contributed by atoms with Crippen LogP contribution in [-0.4, -0.2) is 158 Å². The number of fused-ring (bicyclic) bond motifs is 7. The average molecular weight is 897 g/mol. The highest BCUT2D eigenvalue weighted by Gasteiger charge is 2.70. The Morgan fingerprint density at radius 2 is 1.33 bits per heavy atom. The first-order chi connectivity index (χ1) is 29.4. The van der Waals surface area contributed by atoms with Gasteiger partial charge in [-0.3, -0.25) is 0 Å². The predicted molar refractivity (Wildman–Crippen MR) is 227 cm³/mol. The molecule has 0 aromatic heterocycles. The molecule has 23 unspecified atom stereocenters. The summed E-state index contributed by atoms with van der Waals surface area (Å²) in [4.78, 5) is 0. The Labute approximate surface area is 373 Å². The summed E-state index contributed by atoms with van der Waals surface area (Å²) in [6.45, 7) is 19.4. The Morgan fingerprint density at radius 3 is 2.02 bits per heavy atom. The molecule has 15 heteroatoms. The van der Waals surface area contributed by atoms with Crippen LogP contribution in [-0.2, 0) is 28.4 Å². The van der Waals surface area contributed by atoms with Crippen molar-refractivity contribution in [3.05, 3.63) is 11.6 Å². The quantitative estimate of drug-likeness (QED) is 0.126. The summed E-state index contributed by atoms with van der Waals surface area (Å²) in [5.41, 5.74) is 0.529. The third kappa shape index (κ3) is 7.56. The van der Waals surface area contributed by atoms with Gasteiger partial charge in [0.15, 0.2) is 18.9 Å². The molecule has 4 saturated carbocycles. The Hall–Kier alpha value is -0.860. The molecule has 0 bridgehead atoms. The number of hydrogen-bond donors (Lipinski definition) is 9. The Bertz CT molecular complexity index is 1670. The second kappa shape index (κ2) is 17.0. The Kier molecular flexibility index (Phi) is 13.1. The molecule has 5 aliphatic carbocycles. The van der Waals surface area contributed by atoms with E-state index in [0.717, 1.165) is 51.4 Å². The van der Waals surface area contributed by atoms with E-state index in [0.29, 0.717) is 12.3 Å². The lowest BCUT2D eigenvalue weighted by atomic mass is 9.33. The molecular weight excluding hydrogens is 817 g/mol. The van der Waals surface area contributed by atoms with E-state index in [9.17, 15) is 46.0 Å². The molecular formula is C48H80O15. The zero-order valence-electron chi connectivity index (χ0n) is 39.0. The van der Waals surface area contributed by atoms with Gasteiger partial charge >= 0.3 is 0 Å². The number of aliphatic hydroxyl groups excluding tert-OH is 9. The van der Waals surface area contributed by atoms with Gasteiger partial charge in [-0.1, -0.05) is 67.0 Å². The van der Waals surface area contributed by atoms with Crippen LogP contribution < -0.4 is 0 Å². The van der Waals surface area contributed by atoms with E-state index in [2.05, 4.69) is 54.5 Å². The van der Waals surface area contributed by atoms with E-state index in [1.165, 1.54) is 5.57 Å². The SMILES string of the molecule is CC1COC(OC2C(C)OC(OC3CCC4(C)C(CCC5(C)C4CC=C4C6CC(C)(C)CCC6(CO)C(O)CC45C)C3(C)C)C(O)C2O)C(OC2OC(CO)C(O)C(O)C2O)C1O. The molecule has 9 N–H and O–H groups in total. The van der Waals surface area contributed by atoms with Crippen LogP contribution in [0.4, 0.5) is 0 Å². The molecule has 7 fully saturated rings. The van der Waals surface area contributed by atoms with Gasteiger partial charge in [0.1, 0.15) is 48.8 Å². The third-order valence-electron chi connectivity index (χ3n) is 19.3. The zero-order valence-corrected chi connectivity index (χ0v) is 39.0. The van der Waals surface area contributed by atoms with E-state index in [-0.39, 0.29) is 58.2 Å². The van der Waals surface area contributed by atoms with Crippen LogP contribution in [0.2, 0.25) is 0 Å². The van der Waals surface area contributed by atoms with Crippen molar-refractivity contribution in [1.29, 1.82) is 0 Å². The largest absolute Gasteiger partial charge is 0.396 e. The number of aliphatic hydroxyl groups is 9. The molecule has 0 spiro atoms. The minimum absolute atomic E-state index is 0.0170. The van der Waals surface area contributed by atoms with Crippen LogP contribution in [0.25, 0.3) is 0 Å². The molecule has 63 heavy (non-hydrogen) atoms. The highest BCUT2D eigenvalue weighted by Crippen LogP contribution is 2.76. The second-order valence-electron chi connectivity index (χ2n) is 23.6. The van der Waals surface area contributed by atoms with E-state index in [1.54, 1.807) is 13.8 Å². The minimum atomic E-state index is -1.73. The van der Waals surface area contributed by atoms with Crippen molar-refractivity contribution in [2.75, 3.05) is 19.8 Å². The lowest BCUT2D eigenvalue weighted by molar-refractivity contribution is -0.378. The molecule has 8 aliphatic rings. The first-order valence-corrected chi connectivity index (χ1v) is 24.0. The van der Waals surface area contributed by atoms with Crippen molar-refractivity contribution in [1.82, 2.24) is 0 Å². The number of allylic oxidation sites excluding steroid dienone is 2. The van der Waals surface area contributed by atoms with Gasteiger partial charge in [0.05, 0.1) is 44.2 Å². The van der Waals surface area contributed by atoms with E-state index in [4.69, 9.17) is 28.4 Å². The predicted octanol–water partition coefficient (Wildman–Crippen LogP) is 2.53. The molecule has 362 valence electrons. The first kappa shape index (κ1) is 48.6. The van der Waals surface area contributed by atoms with Crippen LogP contribution >= 0.6 is 0 Å². The molecule has 0 amide bonds. The number of rotatable bonds is 8. The molecule has 3 aliphatic heterocycles. The molecule has 23 atom stereocenters. The summed E-state index contributed by atoms with van der Waals surface area (Å²) in [6, 6.07) is 0. The van der Waals surface area contributed by atoms with Crippen molar-refractivity contribution >= 4 is 0 Å². The zero-order chi connectivity index (χ0) is 46.0. The fraction of sp³-hybridized carbons (Fsp3) is 0.958. The Balaban J connectivity index is 0.958. The summed E-state index contributed by atoms with van der Waals surface area (Å²) in [5, 5.41) is 98.5.